The van der Waals surface area contributed by atoms with Crippen LogP contribution in [0.25, 0.3) is 0 Å². The van der Waals surface area contributed by atoms with Crippen molar-refractivity contribution in [2.75, 3.05) is 70.3 Å². The summed E-state index contributed by atoms with van der Waals surface area (Å²) in [5, 5.41) is 16.1. The molecule has 0 aliphatic carbocycles. The lowest BCUT2D eigenvalue weighted by atomic mass is 9.98. The molecule has 4 aliphatic heterocycles. The molecule has 0 radical (unpaired) electrons. The lowest BCUT2D eigenvalue weighted by molar-refractivity contribution is -0.189. The van der Waals surface area contributed by atoms with E-state index in [0.717, 1.165) is 43.9 Å². The highest BCUT2D eigenvalue weighted by molar-refractivity contribution is 5.91. The van der Waals surface area contributed by atoms with Crippen molar-refractivity contribution < 1.29 is 23.9 Å². The van der Waals surface area contributed by atoms with Gasteiger partial charge in [0.15, 0.2) is 11.6 Å². The number of fused-ring (bicyclic) bond motifs is 1. The van der Waals surface area contributed by atoms with E-state index in [1.165, 1.54) is 16.0 Å². The van der Waals surface area contributed by atoms with Crippen LogP contribution in [0.4, 0.5) is 15.0 Å². The average molecular weight is 726 g/mol. The number of nitrogens with zero attached hydrogens (tertiary/aromatic N) is 8. The molecule has 4 fully saturated rings. The summed E-state index contributed by atoms with van der Waals surface area (Å²) in [4.78, 5) is 57.1. The number of aromatic hydroxyl groups is 1. The summed E-state index contributed by atoms with van der Waals surface area (Å²) < 4.78 is 15.3. The van der Waals surface area contributed by atoms with E-state index in [1.54, 1.807) is 46.3 Å². The van der Waals surface area contributed by atoms with E-state index < -0.39 is 24.1 Å². The molecule has 4 aliphatic rings. The van der Waals surface area contributed by atoms with Crippen LogP contribution in [0.3, 0.4) is 0 Å². The summed E-state index contributed by atoms with van der Waals surface area (Å²) >= 11 is 0. The number of hydrogen-bond donors (Lipinski definition) is 2. The molecule has 1 unspecified atom stereocenters. The first-order valence-corrected chi connectivity index (χ1v) is 18.4. The number of phenolic OH excluding ortho intramolecular Hbond substituents is 1. The van der Waals surface area contributed by atoms with Gasteiger partial charge in [-0.2, -0.15) is 0 Å². The predicted molar refractivity (Wildman–Crippen MR) is 198 cm³/mol. The van der Waals surface area contributed by atoms with E-state index in [4.69, 9.17) is 4.98 Å². The Bertz CT molecular complexity index is 1780. The van der Waals surface area contributed by atoms with Gasteiger partial charge in [0.25, 0.3) is 0 Å². The van der Waals surface area contributed by atoms with Gasteiger partial charge in [-0.3, -0.25) is 14.5 Å². The molecule has 53 heavy (non-hydrogen) atoms. The summed E-state index contributed by atoms with van der Waals surface area (Å²) in [6, 6.07) is 18.0. The largest absolute Gasteiger partial charge is 0.508 e. The second-order valence-electron chi connectivity index (χ2n) is 14.1. The van der Waals surface area contributed by atoms with Gasteiger partial charge < -0.3 is 30.0 Å². The molecule has 2 aromatic carbocycles. The van der Waals surface area contributed by atoms with E-state index in [2.05, 4.69) is 28.6 Å². The van der Waals surface area contributed by atoms with Gasteiger partial charge in [0.2, 0.25) is 11.8 Å². The third-order valence-electron chi connectivity index (χ3n) is 10.8. The lowest BCUT2D eigenvalue weighted by Gasteiger charge is -2.55. The van der Waals surface area contributed by atoms with Crippen molar-refractivity contribution in [1.29, 1.82) is 0 Å². The highest BCUT2D eigenvalue weighted by Crippen LogP contribution is 2.31. The molecule has 2 atom stereocenters. The van der Waals surface area contributed by atoms with Crippen molar-refractivity contribution in [1.82, 2.24) is 39.9 Å². The third-order valence-corrected chi connectivity index (χ3v) is 10.8. The molecule has 5 heterocycles. The molecule has 7 rings (SSSR count). The first kappa shape index (κ1) is 36.3. The minimum atomic E-state index is -0.940. The van der Waals surface area contributed by atoms with Crippen molar-refractivity contribution in [2.45, 2.75) is 44.7 Å². The molecular weight excluding hydrogens is 677 g/mol. The molecule has 13 nitrogen and oxygen atoms in total. The molecule has 280 valence electrons. The number of benzene rings is 2. The number of hydrazine groups is 1. The summed E-state index contributed by atoms with van der Waals surface area (Å²) in [5.41, 5.74) is 2.17. The number of urea groups is 1. The number of nitrogens with one attached hydrogen (secondary N) is 1. The van der Waals surface area contributed by atoms with Crippen LogP contribution in [0, 0.1) is 5.82 Å². The number of pyridine rings is 1. The molecule has 2 N–H and O–H groups in total. The Morgan fingerprint density at radius 1 is 0.981 bits per heavy atom. The summed E-state index contributed by atoms with van der Waals surface area (Å²) in [7, 11) is 0. The molecule has 14 heteroatoms. The highest BCUT2D eigenvalue weighted by Gasteiger charge is 2.51. The zero-order chi connectivity index (χ0) is 37.1. The minimum absolute atomic E-state index is 0.0208. The Balaban J connectivity index is 1.14. The number of rotatable bonds is 11. The average Bonchev–Trinajstić information content (AvgIpc) is 3.14. The highest BCUT2D eigenvalue weighted by atomic mass is 19.1. The molecule has 3 aromatic rings. The van der Waals surface area contributed by atoms with Crippen molar-refractivity contribution in [3.8, 4) is 5.75 Å². The van der Waals surface area contributed by atoms with Crippen molar-refractivity contribution in [2.24, 2.45) is 0 Å². The van der Waals surface area contributed by atoms with E-state index in [-0.39, 0.29) is 62.5 Å². The topological polar surface area (TPSA) is 119 Å². The van der Waals surface area contributed by atoms with Crippen LogP contribution in [-0.2, 0) is 29.1 Å². The molecule has 0 spiro atoms. The van der Waals surface area contributed by atoms with Gasteiger partial charge in [-0.15, -0.1) is 6.58 Å². The Morgan fingerprint density at radius 3 is 2.42 bits per heavy atom. The van der Waals surface area contributed by atoms with Gasteiger partial charge in [0.05, 0.1) is 25.3 Å². The van der Waals surface area contributed by atoms with E-state index in [9.17, 15) is 19.5 Å². The maximum atomic E-state index is 15.3. The van der Waals surface area contributed by atoms with Crippen LogP contribution in [-0.4, -0.2) is 141 Å². The van der Waals surface area contributed by atoms with E-state index >= 15 is 4.39 Å². The van der Waals surface area contributed by atoms with Crippen LogP contribution in [0.1, 0.15) is 23.7 Å². The smallest absolute Gasteiger partial charge is 0.334 e. The van der Waals surface area contributed by atoms with E-state index in [0.29, 0.717) is 24.8 Å². The maximum absolute atomic E-state index is 15.3. The predicted octanol–water partition coefficient (Wildman–Crippen LogP) is 2.49. The van der Waals surface area contributed by atoms with Gasteiger partial charge in [-0.25, -0.2) is 24.2 Å². The molecule has 0 bridgehead atoms. The number of carbonyl (C=O) groups excluding carboxylic acids is 3. The van der Waals surface area contributed by atoms with Gasteiger partial charge >= 0.3 is 6.03 Å². The monoisotopic (exact) mass is 725 g/mol. The van der Waals surface area contributed by atoms with Crippen molar-refractivity contribution in [3.05, 3.63) is 102 Å². The molecule has 4 saturated heterocycles. The summed E-state index contributed by atoms with van der Waals surface area (Å²) in [5.74, 6) is -0.642. The van der Waals surface area contributed by atoms with Crippen LogP contribution < -0.4 is 10.2 Å². The molecule has 0 saturated carbocycles. The number of hydrogen-bond acceptors (Lipinski definition) is 9. The Kier molecular flexibility index (Phi) is 10.9. The fourth-order valence-electron chi connectivity index (χ4n) is 7.83. The second-order valence-corrected chi connectivity index (χ2v) is 14.1. The first-order chi connectivity index (χ1) is 25.7. The zero-order valence-corrected chi connectivity index (χ0v) is 30.2. The minimum Gasteiger partial charge on any atom is -0.508 e. The standard InChI is InChI=1S/C39H48FN9O4/c1-3-16-47-27-36(51)48-34(21-28-10-13-32(50)14-11-28)38(52)46(26-35(48)49(47)39(53)41-22-29-8-6-5-7-9-29)23-30-12-15-33(40)37(42-30)45-24-31(25-45)44-19-17-43(4-2)18-20-44/h3,5-15,31,34-35,50H,1,4,16-27H2,2H3,(H,41,53)/t34-,35?/m0/s1. The fraction of sp³-hybridized carbons (Fsp3) is 0.436. The van der Waals surface area contributed by atoms with Crippen LogP contribution >= 0.6 is 0 Å². The summed E-state index contributed by atoms with van der Waals surface area (Å²) in [6.45, 7) is 13.0. The Morgan fingerprint density at radius 2 is 1.72 bits per heavy atom. The third kappa shape index (κ3) is 7.85. The number of piperazine rings is 2. The second kappa shape index (κ2) is 15.9. The van der Waals surface area contributed by atoms with Crippen LogP contribution in [0.15, 0.2) is 79.4 Å². The number of likely N-dealkylation sites (N-methyl/N-ethyl adjacent to an activating group) is 1. The van der Waals surface area contributed by atoms with Gasteiger partial charge in [-0.1, -0.05) is 55.5 Å². The SMILES string of the molecule is C=CCN1CC(=O)N2C(CN(Cc3ccc(F)c(N4CC(N5CCN(CC)CC5)C4)n3)C(=O)[C@@H]2Cc2ccc(O)cc2)N1C(=O)NCc1ccccc1. The van der Waals surface area contributed by atoms with E-state index in [1.807, 2.05) is 35.2 Å². The molecule has 4 amide bonds. The zero-order valence-electron chi connectivity index (χ0n) is 30.2. The number of aromatic nitrogens is 1. The quantitative estimate of drug-likeness (QED) is 0.288. The van der Waals surface area contributed by atoms with Crippen molar-refractivity contribution in [3.63, 3.8) is 0 Å². The number of carbonyl (C=O) groups is 3. The molecular formula is C39H48FN9O4. The summed E-state index contributed by atoms with van der Waals surface area (Å²) in [6.07, 6.45) is 0.967. The first-order valence-electron chi connectivity index (χ1n) is 18.4. The number of amides is 4. The maximum Gasteiger partial charge on any atom is 0.334 e. The molecule has 1 aromatic heterocycles. The Labute approximate surface area is 309 Å². The number of anilines is 1. The number of halogens is 1. The van der Waals surface area contributed by atoms with Crippen LogP contribution in [0.2, 0.25) is 0 Å². The van der Waals surface area contributed by atoms with Gasteiger partial charge in [0.1, 0.15) is 18.0 Å². The van der Waals surface area contributed by atoms with Crippen LogP contribution in [0.5, 0.6) is 5.75 Å². The fourth-order valence-corrected chi connectivity index (χ4v) is 7.83. The van der Waals surface area contributed by atoms with Gasteiger partial charge in [0, 0.05) is 64.8 Å². The van der Waals surface area contributed by atoms with Crippen molar-refractivity contribution >= 4 is 23.7 Å². The Hall–Kier alpha value is -5.05. The van der Waals surface area contributed by atoms with Gasteiger partial charge in [-0.05, 0) is 41.9 Å². The normalized spacial score (nSPS) is 21.8. The number of phenols is 1. The lowest BCUT2D eigenvalue weighted by Crippen LogP contribution is -2.76.